The highest BCUT2D eigenvalue weighted by Crippen LogP contribution is 2.32. The lowest BCUT2D eigenvalue weighted by Crippen LogP contribution is -2.44. The molecule has 10 nitrogen and oxygen atoms in total. The van der Waals surface area contributed by atoms with Crippen LogP contribution in [0.15, 0.2) is 73.3 Å². The second kappa shape index (κ2) is 9.80. The molecule has 2 N–H and O–H groups in total. The highest BCUT2D eigenvalue weighted by atomic mass is 16.5. The maximum absolute atomic E-state index is 5.99. The zero-order valence-electron chi connectivity index (χ0n) is 21.5. The van der Waals surface area contributed by atoms with Crippen LogP contribution in [0.4, 0.5) is 5.69 Å². The van der Waals surface area contributed by atoms with E-state index in [0.717, 1.165) is 65.2 Å². The smallest absolute Gasteiger partial charge is 0.181 e. The number of H-pyrrole nitrogens is 2. The molecule has 0 radical (unpaired) electrons. The van der Waals surface area contributed by atoms with Gasteiger partial charge in [-0.05, 0) is 30.8 Å². The third kappa shape index (κ3) is 4.55. The molecule has 7 rings (SSSR count). The van der Waals surface area contributed by atoms with E-state index in [2.05, 4.69) is 59.1 Å². The molecular formula is C29H27N9O. The first kappa shape index (κ1) is 23.3. The summed E-state index contributed by atoms with van der Waals surface area (Å²) in [6, 6.07) is 16.2. The molecule has 1 saturated heterocycles. The van der Waals surface area contributed by atoms with Gasteiger partial charge in [-0.2, -0.15) is 5.10 Å². The van der Waals surface area contributed by atoms with E-state index in [9.17, 15) is 0 Å². The largest absolute Gasteiger partial charge is 0.487 e. The molecule has 194 valence electrons. The fourth-order valence-corrected chi connectivity index (χ4v) is 4.96. The van der Waals surface area contributed by atoms with Crippen LogP contribution in [0.3, 0.4) is 0 Å². The van der Waals surface area contributed by atoms with Gasteiger partial charge < -0.3 is 19.5 Å². The number of ether oxygens (including phenoxy) is 1. The van der Waals surface area contributed by atoms with Gasteiger partial charge in [-0.25, -0.2) is 15.0 Å². The Balaban J connectivity index is 1.20. The van der Waals surface area contributed by atoms with Gasteiger partial charge in [0, 0.05) is 55.9 Å². The Hall–Kier alpha value is -4.83. The van der Waals surface area contributed by atoms with Gasteiger partial charge in [0.25, 0.3) is 0 Å². The molecule has 0 amide bonds. The summed E-state index contributed by atoms with van der Waals surface area (Å²) in [7, 11) is 2.16. The third-order valence-electron chi connectivity index (χ3n) is 7.16. The van der Waals surface area contributed by atoms with Crippen molar-refractivity contribution in [2.75, 3.05) is 38.1 Å². The monoisotopic (exact) mass is 517 g/mol. The molecule has 1 aromatic carbocycles. The molecule has 0 bridgehead atoms. The number of hydrogen-bond acceptors (Lipinski definition) is 8. The van der Waals surface area contributed by atoms with Crippen LogP contribution >= 0.6 is 0 Å². The first-order chi connectivity index (χ1) is 19.2. The normalized spacial score (nSPS) is 14.3. The van der Waals surface area contributed by atoms with Crippen molar-refractivity contribution in [2.24, 2.45) is 0 Å². The summed E-state index contributed by atoms with van der Waals surface area (Å²) < 4.78 is 5.99. The number of rotatable bonds is 6. The fraction of sp³-hybridized carbons (Fsp3) is 0.207. The number of nitrogens with one attached hydrogen (secondary N) is 2. The maximum atomic E-state index is 5.99. The third-order valence-corrected chi connectivity index (χ3v) is 7.16. The van der Waals surface area contributed by atoms with Crippen molar-refractivity contribution in [1.82, 2.24) is 40.0 Å². The maximum Gasteiger partial charge on any atom is 0.181 e. The van der Waals surface area contributed by atoms with Crippen molar-refractivity contribution in [3.63, 3.8) is 0 Å². The van der Waals surface area contributed by atoms with Gasteiger partial charge in [0.15, 0.2) is 17.1 Å². The average Bonchev–Trinajstić information content (AvgIpc) is 3.61. The quantitative estimate of drug-likeness (QED) is 0.337. The van der Waals surface area contributed by atoms with E-state index in [1.165, 1.54) is 0 Å². The van der Waals surface area contributed by atoms with E-state index < -0.39 is 0 Å². The molecule has 0 unspecified atom stereocenters. The van der Waals surface area contributed by atoms with Crippen LogP contribution in [-0.2, 0) is 6.61 Å². The average molecular weight is 518 g/mol. The highest BCUT2D eigenvalue weighted by Gasteiger charge is 2.20. The molecule has 5 aromatic heterocycles. The Morgan fingerprint density at radius 1 is 0.897 bits per heavy atom. The van der Waals surface area contributed by atoms with Gasteiger partial charge in [0.2, 0.25) is 0 Å². The summed E-state index contributed by atoms with van der Waals surface area (Å²) >= 11 is 0. The number of likely N-dealkylation sites (N-methyl/N-ethyl adjacent to an activating group) is 1. The zero-order valence-corrected chi connectivity index (χ0v) is 21.5. The van der Waals surface area contributed by atoms with Crippen LogP contribution in [0.25, 0.3) is 44.8 Å². The molecule has 39 heavy (non-hydrogen) atoms. The number of nitrogens with zero attached hydrogens (tertiary/aromatic N) is 7. The van der Waals surface area contributed by atoms with E-state index in [0.29, 0.717) is 29.5 Å². The first-order valence-corrected chi connectivity index (χ1v) is 13.0. The van der Waals surface area contributed by atoms with Crippen molar-refractivity contribution in [3.8, 4) is 28.4 Å². The number of pyridine rings is 3. The minimum atomic E-state index is 0.478. The standard InChI is InChI=1S/C29H27N9O/c1-37-9-11-38(12-10-37)24-7-8-31-28-26(24)33-29(34-28)25-23-14-21(16-32-27(23)36-35-25)20-13-22(17-30-15-20)39-18-19-5-3-2-4-6-19/h2-8,13-17H,9-12,18H2,1H3,(H,31,33,34)(H,32,35,36). The second-order valence-electron chi connectivity index (χ2n) is 9.78. The van der Waals surface area contributed by atoms with E-state index in [1.807, 2.05) is 48.8 Å². The molecule has 0 spiro atoms. The predicted molar refractivity (Wildman–Crippen MR) is 150 cm³/mol. The van der Waals surface area contributed by atoms with Gasteiger partial charge >= 0.3 is 0 Å². The summed E-state index contributed by atoms with van der Waals surface area (Å²) in [6.07, 6.45) is 7.16. The molecular weight excluding hydrogens is 490 g/mol. The molecule has 0 aliphatic carbocycles. The Labute approximate surface area is 224 Å². The molecule has 1 aliphatic heterocycles. The van der Waals surface area contributed by atoms with Crippen molar-refractivity contribution < 1.29 is 4.74 Å². The zero-order chi connectivity index (χ0) is 26.2. The van der Waals surface area contributed by atoms with Gasteiger partial charge in [0.05, 0.1) is 17.3 Å². The van der Waals surface area contributed by atoms with Crippen molar-refractivity contribution in [2.45, 2.75) is 6.61 Å². The number of hydrogen-bond donors (Lipinski definition) is 2. The van der Waals surface area contributed by atoms with E-state index in [-0.39, 0.29) is 0 Å². The molecule has 0 saturated carbocycles. The Morgan fingerprint density at radius 2 is 1.74 bits per heavy atom. The van der Waals surface area contributed by atoms with Crippen LogP contribution < -0.4 is 9.64 Å². The Bertz CT molecular complexity index is 1750. The Kier molecular flexibility index (Phi) is 5.86. The predicted octanol–water partition coefficient (Wildman–Crippen LogP) is 4.29. The number of piperazine rings is 1. The molecule has 0 atom stereocenters. The van der Waals surface area contributed by atoms with E-state index in [4.69, 9.17) is 9.72 Å². The number of imidazole rings is 1. The summed E-state index contributed by atoms with van der Waals surface area (Å²) in [5, 5.41) is 8.42. The van der Waals surface area contributed by atoms with Crippen LogP contribution in [0, 0.1) is 0 Å². The minimum Gasteiger partial charge on any atom is -0.487 e. The minimum absolute atomic E-state index is 0.478. The lowest BCUT2D eigenvalue weighted by molar-refractivity contribution is 0.305. The van der Waals surface area contributed by atoms with Crippen molar-refractivity contribution >= 4 is 27.9 Å². The molecule has 1 aliphatic rings. The van der Waals surface area contributed by atoms with Gasteiger partial charge in [-0.1, -0.05) is 30.3 Å². The van der Waals surface area contributed by atoms with Crippen molar-refractivity contribution in [3.05, 3.63) is 78.9 Å². The van der Waals surface area contributed by atoms with Crippen LogP contribution in [0.5, 0.6) is 5.75 Å². The molecule has 10 heteroatoms. The van der Waals surface area contributed by atoms with Crippen LogP contribution in [-0.4, -0.2) is 73.2 Å². The van der Waals surface area contributed by atoms with Crippen LogP contribution in [0.2, 0.25) is 0 Å². The number of aromatic amines is 2. The number of benzene rings is 1. The van der Waals surface area contributed by atoms with E-state index >= 15 is 0 Å². The molecule has 6 heterocycles. The van der Waals surface area contributed by atoms with E-state index in [1.54, 1.807) is 12.4 Å². The summed E-state index contributed by atoms with van der Waals surface area (Å²) in [5.41, 5.74) is 7.04. The van der Waals surface area contributed by atoms with Gasteiger partial charge in [-0.3, -0.25) is 10.1 Å². The molecule has 1 fully saturated rings. The topological polar surface area (TPSA) is 112 Å². The van der Waals surface area contributed by atoms with Crippen molar-refractivity contribution in [1.29, 1.82) is 0 Å². The number of anilines is 1. The Morgan fingerprint density at radius 3 is 2.62 bits per heavy atom. The fourth-order valence-electron chi connectivity index (χ4n) is 4.96. The summed E-state index contributed by atoms with van der Waals surface area (Å²) in [4.78, 5) is 26.6. The first-order valence-electron chi connectivity index (χ1n) is 13.0. The lowest BCUT2D eigenvalue weighted by atomic mass is 10.1. The number of aromatic nitrogens is 7. The van der Waals surface area contributed by atoms with Gasteiger partial charge in [0.1, 0.15) is 23.6 Å². The highest BCUT2D eigenvalue weighted by molar-refractivity contribution is 5.95. The van der Waals surface area contributed by atoms with Gasteiger partial charge in [-0.15, -0.1) is 0 Å². The van der Waals surface area contributed by atoms with Crippen LogP contribution in [0.1, 0.15) is 5.56 Å². The number of fused-ring (bicyclic) bond motifs is 2. The SMILES string of the molecule is CN1CCN(c2ccnc3nc(-c4[nH]nc5ncc(-c6cncc(OCc7ccccc7)c6)cc45)[nH]c23)CC1. The molecule has 6 aromatic rings. The second-order valence-corrected chi connectivity index (χ2v) is 9.78. The lowest BCUT2D eigenvalue weighted by Gasteiger charge is -2.34. The summed E-state index contributed by atoms with van der Waals surface area (Å²) in [5.74, 6) is 1.38. The summed E-state index contributed by atoms with van der Waals surface area (Å²) in [6.45, 7) is 4.46.